The number of phenolic OH excluding ortho intramolecular Hbond substituents is 1. The van der Waals surface area contributed by atoms with Gasteiger partial charge >= 0.3 is 0 Å². The van der Waals surface area contributed by atoms with E-state index in [1.54, 1.807) is 19.9 Å². The second-order valence-corrected chi connectivity index (χ2v) is 12.9. The summed E-state index contributed by atoms with van der Waals surface area (Å²) in [6.45, 7) is 3.61. The topological polar surface area (TPSA) is 104 Å². The SMILES string of the molecule is CCCN1C(=O)C2CC=C3C(CC4(Cl)C(=O)N(c5c(F)c(F)c(F)c(F)c5F)C(=O)C4(Cl)C3c3cccc(OCC)c3O)C2C1=O. The van der Waals surface area contributed by atoms with Crippen molar-refractivity contribution >= 4 is 52.5 Å². The van der Waals surface area contributed by atoms with E-state index in [9.17, 15) is 37.5 Å². The Hall–Kier alpha value is -3.71. The number of alkyl halides is 2. The minimum atomic E-state index is -2.74. The summed E-state index contributed by atoms with van der Waals surface area (Å²) in [4.78, 5) is 50.9. The summed E-state index contributed by atoms with van der Waals surface area (Å²) in [7, 11) is 0. The van der Waals surface area contributed by atoms with Crippen molar-refractivity contribution in [1.29, 1.82) is 0 Å². The summed E-state index contributed by atoms with van der Waals surface area (Å²) in [6.07, 6.45) is 1.40. The van der Waals surface area contributed by atoms with Gasteiger partial charge in [-0.2, -0.15) is 0 Å². The van der Waals surface area contributed by atoms with Gasteiger partial charge in [-0.25, -0.2) is 26.9 Å². The Morgan fingerprint density at radius 1 is 0.913 bits per heavy atom. The smallest absolute Gasteiger partial charge is 0.258 e. The minimum absolute atomic E-state index is 0.00937. The van der Waals surface area contributed by atoms with Gasteiger partial charge in [0.1, 0.15) is 5.69 Å². The maximum absolute atomic E-state index is 15.1. The van der Waals surface area contributed by atoms with E-state index in [2.05, 4.69) is 0 Å². The van der Waals surface area contributed by atoms with E-state index < -0.39 is 104 Å². The van der Waals surface area contributed by atoms with Crippen molar-refractivity contribution in [3.63, 3.8) is 0 Å². The fourth-order valence-corrected chi connectivity index (χ4v) is 8.39. The summed E-state index contributed by atoms with van der Waals surface area (Å²) >= 11 is 14.1. The zero-order valence-corrected chi connectivity index (χ0v) is 25.7. The number of imide groups is 2. The first kappa shape index (κ1) is 32.2. The number of halogens is 7. The standard InChI is InChI=1S/C31H25Cl2F5N2O6/c1-3-10-39-26(42)13-9-8-12-15(17(13)27(39)43)11-30(32)28(44)40(24-22(37)20(35)19(34)21(36)23(24)38)29(45)31(30,33)18(12)14-6-5-7-16(25(14)41)46-4-2/h5-8,13,15,17-18,41H,3-4,9-11H2,1-2H3. The number of fused-ring (bicyclic) bond motifs is 4. The number of allylic oxidation sites excluding steroid dienone is 2. The van der Waals surface area contributed by atoms with Crippen molar-refractivity contribution in [3.05, 3.63) is 64.5 Å². The number of rotatable bonds is 6. The van der Waals surface area contributed by atoms with Crippen LogP contribution in [0.25, 0.3) is 0 Å². The zero-order valence-electron chi connectivity index (χ0n) is 24.2. The summed E-state index contributed by atoms with van der Waals surface area (Å²) in [6, 6.07) is 4.17. The lowest BCUT2D eigenvalue weighted by molar-refractivity contribution is -0.140. The second-order valence-electron chi connectivity index (χ2n) is 11.6. The van der Waals surface area contributed by atoms with Crippen molar-refractivity contribution in [2.75, 3.05) is 18.1 Å². The highest BCUT2D eigenvalue weighted by molar-refractivity contribution is 6.58. The molecule has 2 aromatic rings. The van der Waals surface area contributed by atoms with Gasteiger partial charge in [-0.3, -0.25) is 24.1 Å². The first-order valence-corrected chi connectivity index (χ1v) is 15.2. The Kier molecular flexibility index (Phi) is 7.66. The summed E-state index contributed by atoms with van der Waals surface area (Å²) in [5.41, 5.74) is -1.76. The zero-order chi connectivity index (χ0) is 33.6. The molecule has 46 heavy (non-hydrogen) atoms. The molecule has 1 saturated carbocycles. The maximum Gasteiger partial charge on any atom is 0.258 e. The number of benzene rings is 2. The van der Waals surface area contributed by atoms with Crippen LogP contribution in [0.5, 0.6) is 11.5 Å². The quantitative estimate of drug-likeness (QED) is 0.108. The number of para-hydroxylation sites is 1. The molecule has 6 atom stereocenters. The number of aromatic hydroxyl groups is 1. The number of hydrogen-bond donors (Lipinski definition) is 1. The molecule has 0 spiro atoms. The predicted octanol–water partition coefficient (Wildman–Crippen LogP) is 5.46. The number of carbonyl (C=O) groups is 4. The molecule has 15 heteroatoms. The molecule has 2 saturated heterocycles. The van der Waals surface area contributed by atoms with Crippen LogP contribution < -0.4 is 9.64 Å². The molecular formula is C31H25Cl2F5N2O6. The number of anilines is 1. The predicted molar refractivity (Wildman–Crippen MR) is 153 cm³/mol. The van der Waals surface area contributed by atoms with E-state index in [1.165, 1.54) is 18.2 Å². The summed E-state index contributed by atoms with van der Waals surface area (Å²) < 4.78 is 78.4. The van der Waals surface area contributed by atoms with Gasteiger partial charge in [-0.1, -0.05) is 30.7 Å². The molecule has 2 aliphatic carbocycles. The van der Waals surface area contributed by atoms with Gasteiger partial charge in [0, 0.05) is 18.0 Å². The lowest BCUT2D eigenvalue weighted by Crippen LogP contribution is -2.60. The minimum Gasteiger partial charge on any atom is -0.504 e. The Labute approximate surface area is 268 Å². The third-order valence-corrected chi connectivity index (χ3v) is 10.8. The first-order chi connectivity index (χ1) is 21.7. The van der Waals surface area contributed by atoms with Crippen molar-refractivity contribution in [2.24, 2.45) is 17.8 Å². The van der Waals surface area contributed by atoms with Crippen molar-refractivity contribution in [1.82, 2.24) is 4.90 Å². The molecule has 244 valence electrons. The van der Waals surface area contributed by atoms with E-state index in [0.29, 0.717) is 6.42 Å². The molecule has 2 aliphatic heterocycles. The van der Waals surface area contributed by atoms with Crippen molar-refractivity contribution in [3.8, 4) is 11.5 Å². The normalized spacial score (nSPS) is 30.4. The first-order valence-electron chi connectivity index (χ1n) is 14.5. The van der Waals surface area contributed by atoms with Crippen molar-refractivity contribution < 1.29 is 51.0 Å². The van der Waals surface area contributed by atoms with Gasteiger partial charge in [0.2, 0.25) is 17.6 Å². The van der Waals surface area contributed by atoms with Gasteiger partial charge in [0.05, 0.1) is 18.4 Å². The van der Waals surface area contributed by atoms with E-state index >= 15 is 8.78 Å². The molecule has 6 unspecified atom stereocenters. The highest BCUT2D eigenvalue weighted by atomic mass is 35.5. The van der Waals surface area contributed by atoms with Crippen LogP contribution in [-0.4, -0.2) is 56.5 Å². The molecule has 4 amide bonds. The number of carbonyl (C=O) groups excluding carboxylic acids is 4. The van der Waals surface area contributed by atoms with Gasteiger partial charge < -0.3 is 9.84 Å². The molecule has 0 aromatic heterocycles. The molecule has 2 aromatic carbocycles. The lowest BCUT2D eigenvalue weighted by atomic mass is 9.56. The number of hydrogen-bond acceptors (Lipinski definition) is 6. The number of phenols is 1. The van der Waals surface area contributed by atoms with Gasteiger partial charge in [0.15, 0.2) is 44.5 Å². The Morgan fingerprint density at radius 3 is 2.15 bits per heavy atom. The molecule has 3 fully saturated rings. The monoisotopic (exact) mass is 686 g/mol. The van der Waals surface area contributed by atoms with Crippen LogP contribution in [0.3, 0.4) is 0 Å². The van der Waals surface area contributed by atoms with Crippen LogP contribution >= 0.6 is 23.2 Å². The van der Waals surface area contributed by atoms with E-state index in [0.717, 1.165) is 4.90 Å². The van der Waals surface area contributed by atoms with Crippen LogP contribution in [0.15, 0.2) is 29.8 Å². The average Bonchev–Trinajstić information content (AvgIpc) is 3.35. The molecule has 8 nitrogen and oxygen atoms in total. The number of amides is 4. The van der Waals surface area contributed by atoms with Crippen LogP contribution in [0.2, 0.25) is 0 Å². The third-order valence-electron chi connectivity index (χ3n) is 9.40. The molecule has 1 N–H and O–H groups in total. The van der Waals surface area contributed by atoms with Crippen LogP contribution in [0.1, 0.15) is 44.6 Å². The average molecular weight is 687 g/mol. The molecule has 4 aliphatic rings. The van der Waals surface area contributed by atoms with Crippen LogP contribution in [0, 0.1) is 46.8 Å². The van der Waals surface area contributed by atoms with Gasteiger partial charge in [0.25, 0.3) is 11.8 Å². The molecule has 6 rings (SSSR count). The molecule has 2 heterocycles. The summed E-state index contributed by atoms with van der Waals surface area (Å²) in [5.74, 6) is -21.7. The van der Waals surface area contributed by atoms with Crippen LogP contribution in [0.4, 0.5) is 27.6 Å². The van der Waals surface area contributed by atoms with Crippen LogP contribution in [-0.2, 0) is 19.2 Å². The maximum atomic E-state index is 15.1. The third kappa shape index (κ3) is 3.96. The van der Waals surface area contributed by atoms with Crippen molar-refractivity contribution in [2.45, 2.75) is 48.8 Å². The fraction of sp³-hybridized carbons (Fsp3) is 0.419. The number of nitrogens with zero attached hydrogens (tertiary/aromatic N) is 2. The highest BCUT2D eigenvalue weighted by Crippen LogP contribution is 2.67. The largest absolute Gasteiger partial charge is 0.504 e. The Balaban J connectivity index is 1.61. The molecule has 0 bridgehead atoms. The van der Waals surface area contributed by atoms with E-state index in [-0.39, 0.29) is 41.4 Å². The number of likely N-dealkylation sites (tertiary alicyclic amines) is 1. The fourth-order valence-electron chi connectivity index (χ4n) is 7.47. The molecular weight excluding hydrogens is 662 g/mol. The van der Waals surface area contributed by atoms with E-state index in [4.69, 9.17) is 27.9 Å². The Morgan fingerprint density at radius 2 is 1.54 bits per heavy atom. The summed E-state index contributed by atoms with van der Waals surface area (Å²) in [5, 5.41) is 11.3. The van der Waals surface area contributed by atoms with E-state index in [1.807, 2.05) is 0 Å². The van der Waals surface area contributed by atoms with Gasteiger partial charge in [-0.05, 0) is 38.2 Å². The second kappa shape index (κ2) is 10.9. The molecule has 0 radical (unpaired) electrons. The highest BCUT2D eigenvalue weighted by Gasteiger charge is 2.77. The Bertz CT molecular complexity index is 1740. The number of ether oxygens (including phenoxy) is 1. The van der Waals surface area contributed by atoms with Gasteiger partial charge in [-0.15, -0.1) is 23.2 Å². The lowest BCUT2D eigenvalue weighted by Gasteiger charge is -2.50.